The van der Waals surface area contributed by atoms with Gasteiger partial charge in [0.1, 0.15) is 29.8 Å². The summed E-state index contributed by atoms with van der Waals surface area (Å²) in [6, 6.07) is 0. The highest BCUT2D eigenvalue weighted by atomic mass is 32.1. The van der Waals surface area contributed by atoms with Gasteiger partial charge in [-0.05, 0) is 13.8 Å². The van der Waals surface area contributed by atoms with E-state index in [9.17, 15) is 33.9 Å². The van der Waals surface area contributed by atoms with E-state index < -0.39 is 65.9 Å². The van der Waals surface area contributed by atoms with Crippen LogP contribution in [-0.4, -0.2) is 70.0 Å². The molecule has 0 aliphatic carbocycles. The summed E-state index contributed by atoms with van der Waals surface area (Å²) in [5, 5.41) is 23.0. The fourth-order valence-electron chi connectivity index (χ4n) is 3.11. The molecule has 0 bridgehead atoms. The van der Waals surface area contributed by atoms with E-state index >= 15 is 0 Å². The summed E-state index contributed by atoms with van der Waals surface area (Å²) < 4.78 is 42.6. The Kier molecular flexibility index (Phi) is 8.06. The standard InChI is InChI=1S/C14H22N3O13P3S/c1-5(31(21)22)29-33(25,26)30-32(23,24)27-3-7-10(18)14(2,20)11(28-7)9-8-6(4-34-9)12(19)17-13(15)16-8/h4-5,7,10-11,18,20-22H,3H2,1-2H3,(H,23,24)(H,25,26)(H3,15,16,17,19). The smallest absolute Gasteiger partial charge is 0.387 e. The second kappa shape index (κ2) is 9.88. The molecule has 9 N–H and O–H groups in total. The average Bonchev–Trinajstić information content (AvgIpc) is 3.18. The van der Waals surface area contributed by atoms with E-state index in [1.165, 1.54) is 12.3 Å². The number of hydrogen-bond donors (Lipinski definition) is 8. The number of hydrogen-bond acceptors (Lipinski definition) is 14. The van der Waals surface area contributed by atoms with Crippen molar-refractivity contribution in [3.63, 3.8) is 0 Å². The lowest BCUT2D eigenvalue weighted by molar-refractivity contribution is -0.0630. The van der Waals surface area contributed by atoms with Gasteiger partial charge in [0.25, 0.3) is 5.56 Å². The maximum atomic E-state index is 12.1. The zero-order valence-electron chi connectivity index (χ0n) is 17.4. The van der Waals surface area contributed by atoms with Gasteiger partial charge in [-0.25, -0.2) is 14.1 Å². The summed E-state index contributed by atoms with van der Waals surface area (Å²) in [6.45, 7) is 1.35. The zero-order valence-corrected chi connectivity index (χ0v) is 20.9. The molecule has 1 aliphatic rings. The van der Waals surface area contributed by atoms with Gasteiger partial charge in [0, 0.05) is 5.38 Å². The molecule has 2 aromatic rings. The highest BCUT2D eigenvalue weighted by Gasteiger charge is 2.54. The first-order valence-electron chi connectivity index (χ1n) is 9.23. The second-order valence-electron chi connectivity index (χ2n) is 7.38. The highest BCUT2D eigenvalue weighted by molar-refractivity contribution is 7.61. The molecule has 3 heterocycles. The first-order chi connectivity index (χ1) is 15.5. The summed E-state index contributed by atoms with van der Waals surface area (Å²) in [6.07, 6.45) is -4.37. The van der Waals surface area contributed by atoms with Gasteiger partial charge in [-0.2, -0.15) is 4.31 Å². The number of thiophene rings is 1. The number of nitrogens with zero attached hydrogens (tertiary/aromatic N) is 1. The van der Waals surface area contributed by atoms with Crippen molar-refractivity contribution in [2.24, 2.45) is 0 Å². The summed E-state index contributed by atoms with van der Waals surface area (Å²) >= 11 is 0.999. The predicted octanol–water partition coefficient (Wildman–Crippen LogP) is 0.0117. The van der Waals surface area contributed by atoms with E-state index in [2.05, 4.69) is 23.3 Å². The molecule has 1 saturated heterocycles. The number of anilines is 1. The predicted molar refractivity (Wildman–Crippen MR) is 117 cm³/mol. The van der Waals surface area contributed by atoms with E-state index in [0.29, 0.717) is 0 Å². The lowest BCUT2D eigenvalue weighted by Gasteiger charge is -2.26. The first kappa shape index (κ1) is 27.7. The van der Waals surface area contributed by atoms with E-state index in [4.69, 9.17) is 20.3 Å². The molecule has 192 valence electrons. The van der Waals surface area contributed by atoms with Gasteiger partial charge in [0.05, 0.1) is 22.4 Å². The van der Waals surface area contributed by atoms with Crippen LogP contribution in [0, 0.1) is 0 Å². The van der Waals surface area contributed by atoms with Crippen LogP contribution in [0.2, 0.25) is 0 Å². The molecule has 0 aromatic carbocycles. The van der Waals surface area contributed by atoms with Gasteiger partial charge in [0.2, 0.25) is 5.95 Å². The molecule has 1 fully saturated rings. The molecule has 7 atom stereocenters. The number of nitrogens with one attached hydrogen (secondary N) is 1. The van der Waals surface area contributed by atoms with Crippen LogP contribution >= 0.6 is 35.4 Å². The molecule has 20 heteroatoms. The Morgan fingerprint density at radius 1 is 1.38 bits per heavy atom. The topological polar surface area (TPSA) is 264 Å². The van der Waals surface area contributed by atoms with Crippen molar-refractivity contribution in [2.45, 2.75) is 43.6 Å². The SMILES string of the molecule is CC(OP(=O)(O)OP(=O)(O)OCC1OC(c2scc3c(=O)[nH]c(N)nc23)C(C)(O)C1O)P(O)O. The highest BCUT2D eigenvalue weighted by Crippen LogP contribution is 2.62. The van der Waals surface area contributed by atoms with Crippen LogP contribution in [0.15, 0.2) is 10.2 Å². The number of phosphoric ester groups is 2. The van der Waals surface area contributed by atoms with Crippen LogP contribution in [0.4, 0.5) is 5.95 Å². The van der Waals surface area contributed by atoms with Crippen LogP contribution in [0.5, 0.6) is 0 Å². The number of aliphatic hydroxyl groups excluding tert-OH is 1. The largest absolute Gasteiger partial charge is 0.481 e. The van der Waals surface area contributed by atoms with Crippen molar-refractivity contribution >= 4 is 52.2 Å². The lowest BCUT2D eigenvalue weighted by Crippen LogP contribution is -2.43. The zero-order chi connectivity index (χ0) is 25.6. The Morgan fingerprint density at radius 2 is 2.03 bits per heavy atom. The summed E-state index contributed by atoms with van der Waals surface area (Å²) in [4.78, 5) is 55.8. The number of nitrogens with two attached hydrogens (primary N) is 1. The van der Waals surface area contributed by atoms with E-state index in [1.54, 1.807) is 0 Å². The Morgan fingerprint density at radius 3 is 2.65 bits per heavy atom. The van der Waals surface area contributed by atoms with Gasteiger partial charge in [-0.15, -0.1) is 11.3 Å². The third-order valence-electron chi connectivity index (χ3n) is 4.76. The number of rotatable bonds is 9. The Labute approximate surface area is 196 Å². The third kappa shape index (κ3) is 5.91. The third-order valence-corrected chi connectivity index (χ3v) is 9.41. The Bertz CT molecular complexity index is 1200. The van der Waals surface area contributed by atoms with Gasteiger partial charge in [0.15, 0.2) is 8.38 Å². The van der Waals surface area contributed by atoms with Gasteiger partial charge in [-0.3, -0.25) is 18.8 Å². The van der Waals surface area contributed by atoms with Crippen molar-refractivity contribution < 1.29 is 57.0 Å². The number of aliphatic hydroxyl groups is 2. The number of aromatic amines is 1. The summed E-state index contributed by atoms with van der Waals surface area (Å²) in [5.41, 5.74) is 3.20. The number of fused-ring (bicyclic) bond motifs is 1. The van der Waals surface area contributed by atoms with Gasteiger partial charge < -0.3 is 40.3 Å². The van der Waals surface area contributed by atoms with Crippen molar-refractivity contribution in [1.82, 2.24) is 9.97 Å². The fraction of sp³-hybridized carbons (Fsp3) is 0.571. The Hall–Kier alpha value is -0.870. The average molecular weight is 565 g/mol. The van der Waals surface area contributed by atoms with Gasteiger partial charge in [-0.1, -0.05) is 0 Å². The van der Waals surface area contributed by atoms with Crippen molar-refractivity contribution in [3.05, 3.63) is 20.6 Å². The second-order valence-corrected chi connectivity index (χ2v) is 12.7. The quantitative estimate of drug-likeness (QED) is 0.186. The maximum Gasteiger partial charge on any atom is 0.481 e. The molecule has 0 saturated carbocycles. The molecule has 16 nitrogen and oxygen atoms in total. The van der Waals surface area contributed by atoms with Crippen molar-refractivity contribution in [3.8, 4) is 0 Å². The maximum absolute atomic E-state index is 12.1. The van der Waals surface area contributed by atoms with Crippen molar-refractivity contribution in [2.75, 3.05) is 12.3 Å². The molecule has 1 aliphatic heterocycles. The number of aromatic nitrogens is 2. The minimum atomic E-state index is -5.29. The lowest BCUT2D eigenvalue weighted by atomic mass is 9.92. The molecular weight excluding hydrogens is 543 g/mol. The number of nitrogen functional groups attached to an aromatic ring is 1. The number of H-pyrrole nitrogens is 1. The number of phosphoric acid groups is 2. The molecule has 3 rings (SSSR count). The molecular formula is C14H22N3O13P3S. The Balaban J connectivity index is 1.74. The van der Waals surface area contributed by atoms with Crippen molar-refractivity contribution in [1.29, 1.82) is 0 Å². The molecule has 7 unspecified atom stereocenters. The summed E-state index contributed by atoms with van der Waals surface area (Å²) in [5.74, 6) is -1.77. The minimum absolute atomic E-state index is 0.127. The van der Waals surface area contributed by atoms with Crippen LogP contribution in [0.25, 0.3) is 10.9 Å². The number of ether oxygens (including phenoxy) is 1. The van der Waals surface area contributed by atoms with Crippen LogP contribution in [0.1, 0.15) is 24.8 Å². The van der Waals surface area contributed by atoms with E-state index in [1.807, 2.05) is 0 Å². The van der Waals surface area contributed by atoms with Crippen LogP contribution in [-0.2, 0) is 27.2 Å². The summed E-state index contributed by atoms with van der Waals surface area (Å²) in [7, 11) is -13.4. The fourth-order valence-corrected chi connectivity index (χ4v) is 7.06. The van der Waals surface area contributed by atoms with E-state index in [0.717, 1.165) is 18.3 Å². The molecule has 0 spiro atoms. The minimum Gasteiger partial charge on any atom is -0.387 e. The first-order valence-corrected chi connectivity index (χ1v) is 14.4. The van der Waals surface area contributed by atoms with E-state index in [-0.39, 0.29) is 21.7 Å². The molecule has 0 radical (unpaired) electrons. The van der Waals surface area contributed by atoms with Crippen LogP contribution < -0.4 is 11.3 Å². The molecule has 34 heavy (non-hydrogen) atoms. The molecule has 0 amide bonds. The van der Waals surface area contributed by atoms with Gasteiger partial charge >= 0.3 is 15.6 Å². The monoisotopic (exact) mass is 565 g/mol. The normalized spacial score (nSPS) is 29.9. The molecule has 2 aromatic heterocycles. The van der Waals surface area contributed by atoms with Crippen LogP contribution in [0.3, 0.4) is 0 Å².